The highest BCUT2D eigenvalue weighted by Crippen LogP contribution is 2.17. The van der Waals surface area contributed by atoms with Crippen LogP contribution in [0.4, 0.5) is 0 Å². The molecule has 23 heavy (non-hydrogen) atoms. The van der Waals surface area contributed by atoms with Crippen LogP contribution in [0, 0.1) is 6.92 Å². The average Bonchev–Trinajstić information content (AvgIpc) is 2.58. The minimum absolute atomic E-state index is 0.143. The quantitative estimate of drug-likeness (QED) is 0.850. The Morgan fingerprint density at radius 2 is 1.87 bits per heavy atom. The number of rotatable bonds is 4. The molecule has 0 N–H and O–H groups in total. The summed E-state index contributed by atoms with van der Waals surface area (Å²) < 4.78 is 6.84. The van der Waals surface area contributed by atoms with E-state index in [1.807, 2.05) is 12.1 Å². The lowest BCUT2D eigenvalue weighted by Crippen LogP contribution is -2.40. The summed E-state index contributed by atoms with van der Waals surface area (Å²) in [4.78, 5) is 18.8. The molecule has 0 amide bonds. The summed E-state index contributed by atoms with van der Waals surface area (Å²) >= 11 is 5.91. The molecule has 0 atom stereocenters. The Morgan fingerprint density at radius 1 is 1.17 bits per heavy atom. The summed E-state index contributed by atoms with van der Waals surface area (Å²) in [6, 6.07) is 7.29. The summed E-state index contributed by atoms with van der Waals surface area (Å²) in [5.74, 6) is 0.542. The van der Waals surface area contributed by atoms with Crippen molar-refractivity contribution in [3.8, 4) is 11.4 Å². The van der Waals surface area contributed by atoms with Crippen LogP contribution in [0.3, 0.4) is 0 Å². The van der Waals surface area contributed by atoms with E-state index in [4.69, 9.17) is 16.3 Å². The lowest BCUT2D eigenvalue weighted by molar-refractivity contribution is 0.0358. The van der Waals surface area contributed by atoms with Crippen LogP contribution in [0.15, 0.2) is 29.1 Å². The smallest absolute Gasteiger partial charge is 0.288 e. The molecule has 2 aromatic rings. The highest BCUT2D eigenvalue weighted by Gasteiger charge is 2.13. The van der Waals surface area contributed by atoms with Gasteiger partial charge in [0.25, 0.3) is 5.56 Å². The summed E-state index contributed by atoms with van der Waals surface area (Å²) in [5.41, 5.74) is 1.15. The number of aromatic nitrogens is 3. The van der Waals surface area contributed by atoms with Crippen molar-refractivity contribution < 1.29 is 4.74 Å². The van der Waals surface area contributed by atoms with Crippen molar-refractivity contribution in [1.29, 1.82) is 0 Å². The van der Waals surface area contributed by atoms with Gasteiger partial charge in [0.05, 0.1) is 19.8 Å². The number of aryl methyl sites for hydroxylation is 1. The van der Waals surface area contributed by atoms with Crippen LogP contribution in [-0.2, 0) is 11.3 Å². The Bertz CT molecular complexity index is 724. The Balaban J connectivity index is 1.81. The molecule has 7 heteroatoms. The zero-order chi connectivity index (χ0) is 16.2. The number of nitrogens with zero attached hydrogens (tertiary/aromatic N) is 4. The third-order valence-corrected chi connectivity index (χ3v) is 4.12. The van der Waals surface area contributed by atoms with Gasteiger partial charge in [-0.1, -0.05) is 11.6 Å². The maximum Gasteiger partial charge on any atom is 0.288 e. The van der Waals surface area contributed by atoms with Gasteiger partial charge < -0.3 is 4.74 Å². The second-order valence-electron chi connectivity index (χ2n) is 5.51. The van der Waals surface area contributed by atoms with Gasteiger partial charge in [0, 0.05) is 30.2 Å². The summed E-state index contributed by atoms with van der Waals surface area (Å²) in [7, 11) is 0. The fraction of sp³-hybridized carbons (Fsp3) is 0.438. The lowest BCUT2D eigenvalue weighted by Gasteiger charge is -2.26. The van der Waals surface area contributed by atoms with E-state index in [2.05, 4.69) is 15.0 Å². The van der Waals surface area contributed by atoms with Crippen LogP contribution in [0.25, 0.3) is 11.4 Å². The fourth-order valence-electron chi connectivity index (χ4n) is 2.51. The van der Waals surface area contributed by atoms with Crippen LogP contribution >= 0.6 is 11.6 Å². The molecule has 0 unspecified atom stereocenters. The molecule has 0 bridgehead atoms. The molecule has 0 radical (unpaired) electrons. The fourth-order valence-corrected chi connectivity index (χ4v) is 2.64. The van der Waals surface area contributed by atoms with Crippen molar-refractivity contribution in [3.05, 3.63) is 45.3 Å². The molecule has 1 fully saturated rings. The summed E-state index contributed by atoms with van der Waals surface area (Å²) in [5, 5.41) is 5.07. The van der Waals surface area contributed by atoms with E-state index in [9.17, 15) is 4.79 Å². The van der Waals surface area contributed by atoms with Gasteiger partial charge in [-0.25, -0.2) is 9.67 Å². The molecule has 1 aliphatic rings. The van der Waals surface area contributed by atoms with Gasteiger partial charge in [-0.2, -0.15) is 0 Å². The van der Waals surface area contributed by atoms with Gasteiger partial charge in [-0.3, -0.25) is 9.69 Å². The minimum Gasteiger partial charge on any atom is -0.379 e. The Morgan fingerprint density at radius 3 is 2.57 bits per heavy atom. The maximum absolute atomic E-state index is 12.3. The first-order valence-electron chi connectivity index (χ1n) is 7.65. The molecule has 2 heterocycles. The summed E-state index contributed by atoms with van der Waals surface area (Å²) in [6.07, 6.45) is 0. The molecular formula is C16H19ClN4O2. The van der Waals surface area contributed by atoms with E-state index < -0.39 is 0 Å². The van der Waals surface area contributed by atoms with Crippen molar-refractivity contribution >= 4 is 11.6 Å². The van der Waals surface area contributed by atoms with Crippen molar-refractivity contribution in [2.45, 2.75) is 13.5 Å². The van der Waals surface area contributed by atoms with Crippen molar-refractivity contribution in [3.63, 3.8) is 0 Å². The predicted octanol–water partition coefficient (Wildman–Crippen LogP) is 1.60. The molecular weight excluding hydrogens is 316 g/mol. The van der Waals surface area contributed by atoms with E-state index >= 15 is 0 Å². The highest BCUT2D eigenvalue weighted by molar-refractivity contribution is 6.30. The first-order valence-corrected chi connectivity index (χ1v) is 8.03. The zero-order valence-corrected chi connectivity index (χ0v) is 13.8. The van der Waals surface area contributed by atoms with Crippen molar-refractivity contribution in [2.75, 3.05) is 32.8 Å². The van der Waals surface area contributed by atoms with Gasteiger partial charge in [0.15, 0.2) is 5.82 Å². The molecule has 1 aliphatic heterocycles. The van der Waals surface area contributed by atoms with E-state index in [0.29, 0.717) is 23.1 Å². The van der Waals surface area contributed by atoms with Gasteiger partial charge >= 0.3 is 0 Å². The zero-order valence-electron chi connectivity index (χ0n) is 13.0. The van der Waals surface area contributed by atoms with E-state index in [1.54, 1.807) is 19.1 Å². The number of hydrogen-bond acceptors (Lipinski definition) is 5. The third kappa shape index (κ3) is 3.96. The van der Waals surface area contributed by atoms with Gasteiger partial charge in [0.2, 0.25) is 0 Å². The average molecular weight is 335 g/mol. The molecule has 3 rings (SSSR count). The number of benzene rings is 1. The standard InChI is InChI=1S/C16H19ClN4O2/c1-12-16(22)21(7-6-20-8-10-23-11-9-20)19-15(18-12)13-2-4-14(17)5-3-13/h2-5H,6-11H2,1H3. The molecule has 1 aromatic heterocycles. The van der Waals surface area contributed by atoms with Crippen LogP contribution in [0.1, 0.15) is 5.69 Å². The number of halogens is 1. The second-order valence-corrected chi connectivity index (χ2v) is 5.95. The monoisotopic (exact) mass is 334 g/mol. The summed E-state index contributed by atoms with van der Waals surface area (Å²) in [6.45, 7) is 6.31. The van der Waals surface area contributed by atoms with Gasteiger partial charge in [-0.15, -0.1) is 5.10 Å². The van der Waals surface area contributed by atoms with Crippen LogP contribution < -0.4 is 5.56 Å². The Hall–Kier alpha value is -1.76. The predicted molar refractivity (Wildman–Crippen MR) is 88.7 cm³/mol. The third-order valence-electron chi connectivity index (χ3n) is 3.87. The molecule has 0 saturated carbocycles. The highest BCUT2D eigenvalue weighted by atomic mass is 35.5. The van der Waals surface area contributed by atoms with E-state index in [-0.39, 0.29) is 5.56 Å². The van der Waals surface area contributed by atoms with Crippen molar-refractivity contribution in [2.24, 2.45) is 0 Å². The second kappa shape index (κ2) is 7.21. The van der Waals surface area contributed by atoms with Crippen LogP contribution in [0.2, 0.25) is 5.02 Å². The van der Waals surface area contributed by atoms with Crippen LogP contribution in [0.5, 0.6) is 0 Å². The topological polar surface area (TPSA) is 60.3 Å². The maximum atomic E-state index is 12.3. The van der Waals surface area contributed by atoms with E-state index in [0.717, 1.165) is 38.4 Å². The van der Waals surface area contributed by atoms with Gasteiger partial charge in [-0.05, 0) is 31.2 Å². The molecule has 6 nitrogen and oxygen atoms in total. The SMILES string of the molecule is Cc1nc(-c2ccc(Cl)cc2)nn(CCN2CCOCC2)c1=O. The first-order chi connectivity index (χ1) is 11.1. The Kier molecular flexibility index (Phi) is 5.05. The molecule has 1 saturated heterocycles. The molecule has 0 spiro atoms. The minimum atomic E-state index is -0.143. The number of hydrogen-bond donors (Lipinski definition) is 0. The normalized spacial score (nSPS) is 15.7. The molecule has 1 aromatic carbocycles. The number of ether oxygens (including phenoxy) is 1. The number of morpholine rings is 1. The van der Waals surface area contributed by atoms with E-state index in [1.165, 1.54) is 4.68 Å². The first kappa shape index (κ1) is 16.1. The molecule has 0 aliphatic carbocycles. The lowest BCUT2D eigenvalue weighted by atomic mass is 10.2. The largest absolute Gasteiger partial charge is 0.379 e. The van der Waals surface area contributed by atoms with Gasteiger partial charge in [0.1, 0.15) is 5.69 Å². The van der Waals surface area contributed by atoms with Crippen molar-refractivity contribution in [1.82, 2.24) is 19.7 Å². The Labute approximate surface area is 139 Å². The van der Waals surface area contributed by atoms with Crippen LogP contribution in [-0.4, -0.2) is 52.5 Å². The molecule has 122 valence electrons.